The van der Waals surface area contributed by atoms with Crippen LogP contribution in [-0.2, 0) is 21.7 Å². The summed E-state index contributed by atoms with van der Waals surface area (Å²) < 4.78 is 6.98. The number of fused-ring (bicyclic) bond motifs is 10. The summed E-state index contributed by atoms with van der Waals surface area (Å²) in [4.78, 5) is 7.95. The van der Waals surface area contributed by atoms with Crippen LogP contribution in [0.15, 0.2) is 235 Å². The second-order valence-corrected chi connectivity index (χ2v) is 28.7. The molecule has 12 aromatic rings. The molecule has 0 spiro atoms. The van der Waals surface area contributed by atoms with E-state index >= 15 is 0 Å². The van der Waals surface area contributed by atoms with Crippen LogP contribution in [0.3, 0.4) is 0 Å². The van der Waals surface area contributed by atoms with Gasteiger partial charge in [0.05, 0.1) is 5.39 Å². The van der Waals surface area contributed by atoms with E-state index in [1.165, 1.54) is 117 Å². The molecule has 2 aliphatic carbocycles. The minimum absolute atomic E-state index is 0.0207. The highest BCUT2D eigenvalue weighted by molar-refractivity contribution is 6.94. The van der Waals surface area contributed by atoms with Crippen LogP contribution in [0.5, 0.6) is 0 Å². The predicted octanol–water partition coefficient (Wildman–Crippen LogP) is 22.1. The molecule has 0 amide bonds. The van der Waals surface area contributed by atoms with Gasteiger partial charge in [0.15, 0.2) is 0 Å². The first-order chi connectivity index (χ1) is 42.9. The molecule has 89 heavy (non-hydrogen) atoms. The Morgan fingerprint density at radius 1 is 0.382 bits per heavy atom. The summed E-state index contributed by atoms with van der Waals surface area (Å²) in [5, 5.41) is 2.25. The second kappa shape index (κ2) is 20.1. The van der Waals surface area contributed by atoms with Crippen molar-refractivity contribution < 1.29 is 4.42 Å². The van der Waals surface area contributed by atoms with E-state index < -0.39 is 0 Å². The number of rotatable bonds is 8. The number of nitrogens with zero attached hydrogens (tertiary/aromatic N) is 3. The maximum atomic E-state index is 6.98. The van der Waals surface area contributed by atoms with Crippen LogP contribution in [0, 0.1) is 13.8 Å². The second-order valence-electron chi connectivity index (χ2n) is 28.7. The fraction of sp³-hybridized carbons (Fsp3) is 0.214. The van der Waals surface area contributed by atoms with Crippen molar-refractivity contribution >= 4 is 85.2 Å². The monoisotopic (exact) mass is 1150 g/mol. The highest BCUT2D eigenvalue weighted by Crippen LogP contribution is 2.56. The normalized spacial score (nSPS) is 16.3. The van der Waals surface area contributed by atoms with Crippen LogP contribution in [0.2, 0.25) is 0 Å². The van der Waals surface area contributed by atoms with Crippen molar-refractivity contribution in [1.29, 1.82) is 0 Å². The van der Waals surface area contributed by atoms with Gasteiger partial charge in [-0.15, -0.1) is 0 Å². The number of aryl methyl sites for hydroxylation is 2. The van der Waals surface area contributed by atoms with Crippen LogP contribution in [0.1, 0.15) is 114 Å². The molecule has 0 atom stereocenters. The zero-order valence-electron chi connectivity index (χ0n) is 53.1. The van der Waals surface area contributed by atoms with Crippen molar-refractivity contribution in [3.8, 4) is 44.5 Å². The third-order valence-electron chi connectivity index (χ3n) is 21.2. The zero-order valence-corrected chi connectivity index (χ0v) is 53.1. The Bertz CT molecular complexity index is 4770. The van der Waals surface area contributed by atoms with Crippen molar-refractivity contribution in [2.75, 3.05) is 14.6 Å². The quantitative estimate of drug-likeness (QED) is 0.141. The predicted molar refractivity (Wildman–Crippen MR) is 378 cm³/mol. The lowest BCUT2D eigenvalue weighted by Crippen LogP contribution is -2.61. The van der Waals surface area contributed by atoms with E-state index in [0.717, 1.165) is 64.7 Å². The maximum absolute atomic E-state index is 6.98. The van der Waals surface area contributed by atoms with Gasteiger partial charge in [0.1, 0.15) is 11.2 Å². The number of hydrogen-bond donors (Lipinski definition) is 0. The Morgan fingerprint density at radius 2 is 0.955 bits per heavy atom. The average Bonchev–Trinajstić information content (AvgIpc) is 1.48. The Balaban J connectivity index is 1.05. The molecule has 11 aromatic carbocycles. The summed E-state index contributed by atoms with van der Waals surface area (Å²) >= 11 is 0. The van der Waals surface area contributed by atoms with E-state index in [1.807, 2.05) is 0 Å². The summed E-state index contributed by atoms with van der Waals surface area (Å²) in [5.41, 5.74) is 31.4. The number of benzene rings is 11. The fourth-order valence-corrected chi connectivity index (χ4v) is 16.0. The number of hydrogen-bond acceptors (Lipinski definition) is 4. The molecule has 16 rings (SSSR count). The van der Waals surface area contributed by atoms with Crippen molar-refractivity contribution in [1.82, 2.24) is 0 Å². The minimum Gasteiger partial charge on any atom is -0.456 e. The molecule has 5 heteroatoms. The van der Waals surface area contributed by atoms with Gasteiger partial charge in [-0.05, 0) is 235 Å². The molecule has 0 saturated heterocycles. The summed E-state index contributed by atoms with van der Waals surface area (Å²) in [6, 6.07) is 87.4. The van der Waals surface area contributed by atoms with Crippen LogP contribution < -0.4 is 25.5 Å². The van der Waals surface area contributed by atoms with E-state index in [9.17, 15) is 0 Å². The van der Waals surface area contributed by atoms with Gasteiger partial charge in [-0.25, -0.2) is 0 Å². The van der Waals surface area contributed by atoms with Gasteiger partial charge in [0.25, 0.3) is 0 Å². The Morgan fingerprint density at radius 3 is 1.62 bits per heavy atom. The minimum atomic E-state index is -0.303. The summed E-state index contributed by atoms with van der Waals surface area (Å²) in [7, 11) is 0. The van der Waals surface area contributed by atoms with Gasteiger partial charge < -0.3 is 19.0 Å². The third kappa shape index (κ3) is 8.77. The summed E-state index contributed by atoms with van der Waals surface area (Å²) in [6.07, 6.45) is 4.54. The molecule has 0 saturated carbocycles. The van der Waals surface area contributed by atoms with E-state index in [1.54, 1.807) is 0 Å². The van der Waals surface area contributed by atoms with Crippen molar-refractivity contribution in [3.05, 3.63) is 264 Å². The molecular weight excluding hydrogens is 1080 g/mol. The van der Waals surface area contributed by atoms with Gasteiger partial charge >= 0.3 is 6.85 Å². The highest BCUT2D eigenvalue weighted by Gasteiger charge is 2.49. The first-order valence-electron chi connectivity index (χ1n) is 32.3. The summed E-state index contributed by atoms with van der Waals surface area (Å²) in [6.45, 7) is 24.0. The van der Waals surface area contributed by atoms with Crippen molar-refractivity contribution in [2.45, 2.75) is 117 Å². The van der Waals surface area contributed by atoms with E-state index in [4.69, 9.17) is 4.42 Å². The molecular formula is C84H76BN3O. The standard InChI is InChI=1S/C84H76BN3O/c1-53-23-17-18-32-64(53)59-48-67-65-37-40-77-78(66-33-19-20-34-76(66)89-77)80(65)88(63-35-38-68-70(50-63)83(7,8)42-41-81(68,3)4)85-72-51-62(36-39-73(72)87(75(49-59)79(67)85)74-52-71-69(45-54(74)2)82(5,6)43-44-84(71,9)10)86(60-30-21-28-57(46-60)55-24-13-11-14-25-55)61-31-22-29-58(47-61)56-26-15-12-16-27-56/h11-40,45-52H,41-44H2,1-10H3. The molecule has 0 N–H and O–H groups in total. The molecule has 2 aliphatic heterocycles. The Kier molecular flexibility index (Phi) is 12.4. The molecule has 0 unspecified atom stereocenters. The SMILES string of the molecule is Cc1ccccc1-c1cc2c3c(c1)N(c1cc4c(cc1C)C(C)(C)CCC4(C)C)c1ccc(N(c4cccc(-c5ccccc5)c4)c4cccc(-c5ccccc5)c4)cc1B3N(c1ccc3c(c1)C(C)(C)CCC3(C)C)c1c-2ccc2oc3ccccc3c12. The lowest BCUT2D eigenvalue weighted by atomic mass is 9.43. The summed E-state index contributed by atoms with van der Waals surface area (Å²) in [5.74, 6) is 0. The van der Waals surface area contributed by atoms with E-state index in [-0.39, 0.29) is 28.5 Å². The van der Waals surface area contributed by atoms with Crippen LogP contribution in [0.4, 0.5) is 45.5 Å². The van der Waals surface area contributed by atoms with Crippen LogP contribution in [-0.4, -0.2) is 6.85 Å². The van der Waals surface area contributed by atoms with E-state index in [2.05, 4.69) is 314 Å². The molecule has 0 radical (unpaired) electrons. The topological polar surface area (TPSA) is 22.9 Å². The van der Waals surface area contributed by atoms with Gasteiger partial charge in [-0.3, -0.25) is 0 Å². The molecule has 1 aromatic heterocycles. The molecule has 4 nitrogen and oxygen atoms in total. The van der Waals surface area contributed by atoms with Crippen molar-refractivity contribution in [2.24, 2.45) is 0 Å². The molecule has 4 aliphatic rings. The molecule has 436 valence electrons. The van der Waals surface area contributed by atoms with Gasteiger partial charge in [0.2, 0.25) is 0 Å². The molecule has 0 bridgehead atoms. The lowest BCUT2D eigenvalue weighted by Gasteiger charge is -2.48. The highest BCUT2D eigenvalue weighted by atomic mass is 16.3. The largest absolute Gasteiger partial charge is 0.456 e. The lowest BCUT2D eigenvalue weighted by molar-refractivity contribution is 0.332. The fourth-order valence-electron chi connectivity index (χ4n) is 16.0. The Labute approximate surface area is 526 Å². The number of furan rings is 1. The van der Waals surface area contributed by atoms with Crippen LogP contribution in [0.25, 0.3) is 66.4 Å². The zero-order chi connectivity index (χ0) is 60.9. The van der Waals surface area contributed by atoms with Gasteiger partial charge in [-0.2, -0.15) is 0 Å². The van der Waals surface area contributed by atoms with Crippen molar-refractivity contribution in [3.63, 3.8) is 0 Å². The van der Waals surface area contributed by atoms with Crippen LogP contribution >= 0.6 is 0 Å². The smallest absolute Gasteiger partial charge is 0.333 e. The number of para-hydroxylation sites is 1. The third-order valence-corrected chi connectivity index (χ3v) is 21.2. The first-order valence-corrected chi connectivity index (χ1v) is 32.3. The number of anilines is 8. The molecule has 0 fully saturated rings. The van der Waals surface area contributed by atoms with E-state index in [0.29, 0.717) is 0 Å². The maximum Gasteiger partial charge on any atom is 0.333 e. The Hall–Kier alpha value is -9.32. The molecule has 3 heterocycles. The average molecular weight is 1150 g/mol. The first kappa shape index (κ1) is 55.0. The van der Waals surface area contributed by atoms with Gasteiger partial charge in [0, 0.05) is 56.4 Å². The van der Waals surface area contributed by atoms with Gasteiger partial charge in [-0.1, -0.05) is 195 Å².